The molecule has 0 radical (unpaired) electrons. The van der Waals surface area contributed by atoms with Gasteiger partial charge in [-0.1, -0.05) is 60.7 Å². The van der Waals surface area contributed by atoms with Gasteiger partial charge in [-0.3, -0.25) is 0 Å². The van der Waals surface area contributed by atoms with E-state index in [1.54, 1.807) is 14.2 Å². The molecule has 2 saturated heterocycles. The van der Waals surface area contributed by atoms with E-state index in [1.807, 2.05) is 48.5 Å². The van der Waals surface area contributed by atoms with Crippen LogP contribution in [0, 0.1) is 0 Å². The molecule has 0 bridgehead atoms. The molecule has 0 aliphatic carbocycles. The lowest BCUT2D eigenvalue weighted by Gasteiger charge is -2.48. The van der Waals surface area contributed by atoms with Crippen LogP contribution in [0.4, 0.5) is 0 Å². The Kier molecular flexibility index (Phi) is 5.86. The summed E-state index contributed by atoms with van der Waals surface area (Å²) in [6.45, 7) is 0.464. The molecule has 2 aromatic carbocycles. The van der Waals surface area contributed by atoms with Gasteiger partial charge in [0.25, 0.3) is 0 Å². The molecule has 0 saturated carbocycles. The van der Waals surface area contributed by atoms with Gasteiger partial charge in [0, 0.05) is 26.2 Å². The number of ether oxygens (including phenoxy) is 5. The molecule has 2 heterocycles. The predicted octanol–water partition coefficient (Wildman–Crippen LogP) is 3.14. The summed E-state index contributed by atoms with van der Waals surface area (Å²) < 4.78 is 30.2. The molecule has 2 fully saturated rings. The first kappa shape index (κ1) is 18.6. The van der Waals surface area contributed by atoms with E-state index in [9.17, 15) is 0 Å². The highest BCUT2D eigenvalue weighted by molar-refractivity contribution is 5.18. The van der Waals surface area contributed by atoms with Crippen LogP contribution in [0.1, 0.15) is 17.4 Å². The van der Waals surface area contributed by atoms with E-state index >= 15 is 0 Å². The third kappa shape index (κ3) is 3.93. The van der Waals surface area contributed by atoms with Crippen LogP contribution in [0.3, 0.4) is 0 Å². The minimum absolute atomic E-state index is 0.121. The molecule has 0 aromatic heterocycles. The van der Waals surface area contributed by atoms with Crippen LogP contribution in [0.25, 0.3) is 0 Å². The van der Waals surface area contributed by atoms with Crippen LogP contribution >= 0.6 is 0 Å². The van der Waals surface area contributed by atoms with Crippen LogP contribution in [-0.2, 0) is 30.1 Å². The van der Waals surface area contributed by atoms with Crippen molar-refractivity contribution in [3.63, 3.8) is 0 Å². The second-order valence-corrected chi connectivity index (χ2v) is 6.98. The number of benzene rings is 2. The number of rotatable bonds is 5. The average Bonchev–Trinajstić information content (AvgIpc) is 2.73. The van der Waals surface area contributed by atoms with Gasteiger partial charge in [0.1, 0.15) is 24.4 Å². The Hall–Kier alpha value is -1.76. The summed E-state index contributed by atoms with van der Waals surface area (Å²) in [6.07, 6.45) is -0.657. The maximum absolute atomic E-state index is 6.36. The van der Waals surface area contributed by atoms with E-state index in [0.717, 1.165) is 12.0 Å². The van der Waals surface area contributed by atoms with Crippen LogP contribution in [0.2, 0.25) is 0 Å². The Morgan fingerprint density at radius 2 is 1.52 bits per heavy atom. The standard InChI is InChI=1S/C22H26O5/c1-23-19-17(13-15-9-5-3-6-10-15)26-18-14-25-22(16-11-7-4-8-12-16)27-20(18)21(19)24-2/h3-12,17-22H,13-14H2,1-2H3/t17-,18+,19-,20+,21+,22+/m0/s1. The van der Waals surface area contributed by atoms with Gasteiger partial charge in [-0.2, -0.15) is 0 Å². The molecule has 4 rings (SSSR count). The second-order valence-electron chi connectivity index (χ2n) is 6.98. The number of hydrogen-bond donors (Lipinski definition) is 0. The normalized spacial score (nSPS) is 33.4. The quantitative estimate of drug-likeness (QED) is 0.809. The lowest BCUT2D eigenvalue weighted by molar-refractivity contribution is -0.333. The lowest BCUT2D eigenvalue weighted by atomic mass is 9.90. The SMILES string of the molecule is CO[C@@H]1[C@@H](OC)[C@H](Cc2ccccc2)O[C@@H]2CO[C@@H](c3ccccc3)O[C@@H]12. The predicted molar refractivity (Wildman–Crippen MR) is 100 cm³/mol. The average molecular weight is 370 g/mol. The highest BCUT2D eigenvalue weighted by Crippen LogP contribution is 2.36. The van der Waals surface area contributed by atoms with Crippen LogP contribution < -0.4 is 0 Å². The minimum atomic E-state index is -0.420. The summed E-state index contributed by atoms with van der Waals surface area (Å²) in [7, 11) is 3.40. The Morgan fingerprint density at radius 1 is 0.852 bits per heavy atom. The zero-order chi connectivity index (χ0) is 18.6. The Balaban J connectivity index is 1.52. The van der Waals surface area contributed by atoms with Crippen LogP contribution in [0.15, 0.2) is 60.7 Å². The fourth-order valence-corrected chi connectivity index (χ4v) is 4.00. The van der Waals surface area contributed by atoms with Gasteiger partial charge in [0.2, 0.25) is 0 Å². The van der Waals surface area contributed by atoms with Crippen molar-refractivity contribution >= 4 is 0 Å². The van der Waals surface area contributed by atoms with E-state index in [4.69, 9.17) is 23.7 Å². The number of fused-ring (bicyclic) bond motifs is 1. The Bertz CT molecular complexity index is 707. The minimum Gasteiger partial charge on any atom is -0.376 e. The molecule has 144 valence electrons. The molecule has 0 unspecified atom stereocenters. The summed E-state index contributed by atoms with van der Waals surface area (Å²) in [5.41, 5.74) is 2.20. The molecule has 5 heteroatoms. The van der Waals surface area contributed by atoms with Crippen molar-refractivity contribution in [3.8, 4) is 0 Å². The molecule has 0 amide bonds. The van der Waals surface area contributed by atoms with Gasteiger partial charge < -0.3 is 23.7 Å². The van der Waals surface area contributed by atoms with E-state index in [0.29, 0.717) is 6.61 Å². The molecule has 2 aliphatic heterocycles. The fraction of sp³-hybridized carbons (Fsp3) is 0.455. The van der Waals surface area contributed by atoms with E-state index in [-0.39, 0.29) is 30.5 Å². The highest BCUT2D eigenvalue weighted by atomic mass is 16.7. The molecule has 0 N–H and O–H groups in total. The lowest BCUT2D eigenvalue weighted by Crippen LogP contribution is -2.63. The largest absolute Gasteiger partial charge is 0.376 e. The van der Waals surface area contributed by atoms with E-state index in [2.05, 4.69) is 12.1 Å². The van der Waals surface area contributed by atoms with Crippen LogP contribution in [0.5, 0.6) is 0 Å². The second kappa shape index (κ2) is 8.50. The summed E-state index contributed by atoms with van der Waals surface area (Å²) in [4.78, 5) is 0. The first-order chi connectivity index (χ1) is 13.3. The van der Waals surface area contributed by atoms with E-state index < -0.39 is 6.29 Å². The third-order valence-corrected chi connectivity index (χ3v) is 5.32. The van der Waals surface area contributed by atoms with Gasteiger partial charge in [0.15, 0.2) is 6.29 Å². The third-order valence-electron chi connectivity index (χ3n) is 5.32. The summed E-state index contributed by atoms with van der Waals surface area (Å²) in [5.74, 6) is 0. The Labute approximate surface area is 160 Å². The first-order valence-electron chi connectivity index (χ1n) is 9.37. The number of hydrogen-bond acceptors (Lipinski definition) is 5. The monoisotopic (exact) mass is 370 g/mol. The van der Waals surface area contributed by atoms with Crippen molar-refractivity contribution in [2.45, 2.75) is 43.2 Å². The molecule has 6 atom stereocenters. The Morgan fingerprint density at radius 3 is 2.19 bits per heavy atom. The van der Waals surface area contributed by atoms with Crippen molar-refractivity contribution in [3.05, 3.63) is 71.8 Å². The molecule has 2 aliphatic rings. The van der Waals surface area contributed by atoms with Gasteiger partial charge in [-0.25, -0.2) is 0 Å². The van der Waals surface area contributed by atoms with Crippen molar-refractivity contribution in [1.82, 2.24) is 0 Å². The summed E-state index contributed by atoms with van der Waals surface area (Å²) >= 11 is 0. The molecule has 2 aromatic rings. The van der Waals surface area contributed by atoms with Gasteiger partial charge in [0.05, 0.1) is 12.7 Å². The van der Waals surface area contributed by atoms with Crippen molar-refractivity contribution in [1.29, 1.82) is 0 Å². The van der Waals surface area contributed by atoms with Gasteiger partial charge >= 0.3 is 0 Å². The maximum atomic E-state index is 6.36. The number of methoxy groups -OCH3 is 2. The molecule has 5 nitrogen and oxygen atoms in total. The zero-order valence-electron chi connectivity index (χ0n) is 15.7. The van der Waals surface area contributed by atoms with Gasteiger partial charge in [-0.15, -0.1) is 0 Å². The summed E-state index contributed by atoms with van der Waals surface area (Å²) in [6, 6.07) is 20.2. The first-order valence-corrected chi connectivity index (χ1v) is 9.37. The maximum Gasteiger partial charge on any atom is 0.184 e. The molecular formula is C22H26O5. The van der Waals surface area contributed by atoms with E-state index in [1.165, 1.54) is 5.56 Å². The highest BCUT2D eigenvalue weighted by Gasteiger charge is 2.50. The van der Waals surface area contributed by atoms with Crippen LogP contribution in [-0.4, -0.2) is 51.3 Å². The topological polar surface area (TPSA) is 46.2 Å². The van der Waals surface area contributed by atoms with Crippen molar-refractivity contribution in [2.75, 3.05) is 20.8 Å². The zero-order valence-corrected chi connectivity index (χ0v) is 15.7. The smallest absolute Gasteiger partial charge is 0.184 e. The van der Waals surface area contributed by atoms with Crippen molar-refractivity contribution in [2.24, 2.45) is 0 Å². The van der Waals surface area contributed by atoms with Gasteiger partial charge in [-0.05, 0) is 5.56 Å². The fourth-order valence-electron chi connectivity index (χ4n) is 4.00. The molecular weight excluding hydrogens is 344 g/mol. The molecule has 27 heavy (non-hydrogen) atoms. The summed E-state index contributed by atoms with van der Waals surface area (Å²) in [5, 5.41) is 0. The molecule has 0 spiro atoms. The van der Waals surface area contributed by atoms with Crippen molar-refractivity contribution < 1.29 is 23.7 Å².